The number of rotatable bonds is 0. The average Bonchev–Trinajstić information content (AvgIpc) is 1.58. The van der Waals surface area contributed by atoms with Crippen LogP contribution in [0, 0.1) is 5.41 Å². The van der Waals surface area contributed by atoms with Gasteiger partial charge in [0.05, 0.1) is 6.10 Å². The smallest absolute Gasteiger partial charge is 0.0596 e. The molecule has 1 nitrogen and oxygen atoms in total. The molecule has 1 spiro atoms. The standard InChI is InChI=1S/C7H12O/c8-6-2-5-7(6)3-1-4-7/h6,8H,1-5H2/t6-/m0/s1. The van der Waals surface area contributed by atoms with Gasteiger partial charge in [-0.2, -0.15) is 0 Å². The van der Waals surface area contributed by atoms with Gasteiger partial charge in [0.1, 0.15) is 0 Å². The molecule has 2 aliphatic rings. The number of hydrogen-bond acceptors (Lipinski definition) is 1. The zero-order valence-electron chi connectivity index (χ0n) is 5.06. The Morgan fingerprint density at radius 1 is 1.25 bits per heavy atom. The van der Waals surface area contributed by atoms with Crippen molar-refractivity contribution in [3.8, 4) is 0 Å². The quantitative estimate of drug-likeness (QED) is 0.501. The monoisotopic (exact) mass is 112 g/mol. The Labute approximate surface area is 49.7 Å². The van der Waals surface area contributed by atoms with E-state index in [9.17, 15) is 5.11 Å². The molecule has 0 amide bonds. The molecule has 8 heavy (non-hydrogen) atoms. The number of hydrogen-bond donors (Lipinski definition) is 1. The van der Waals surface area contributed by atoms with E-state index >= 15 is 0 Å². The molecule has 0 bridgehead atoms. The summed E-state index contributed by atoms with van der Waals surface area (Å²) >= 11 is 0. The van der Waals surface area contributed by atoms with Crippen LogP contribution in [0.2, 0.25) is 0 Å². The van der Waals surface area contributed by atoms with Gasteiger partial charge in [-0.1, -0.05) is 6.42 Å². The summed E-state index contributed by atoms with van der Waals surface area (Å²) in [4.78, 5) is 0. The van der Waals surface area contributed by atoms with Crippen LogP contribution in [0.15, 0.2) is 0 Å². The van der Waals surface area contributed by atoms with Crippen LogP contribution in [0.3, 0.4) is 0 Å². The topological polar surface area (TPSA) is 20.2 Å². The molecule has 2 fully saturated rings. The van der Waals surface area contributed by atoms with Gasteiger partial charge in [-0.15, -0.1) is 0 Å². The van der Waals surface area contributed by atoms with Crippen LogP contribution >= 0.6 is 0 Å². The lowest BCUT2D eigenvalue weighted by Gasteiger charge is -2.53. The Balaban J connectivity index is 2.03. The largest absolute Gasteiger partial charge is 0.393 e. The van der Waals surface area contributed by atoms with E-state index < -0.39 is 0 Å². The second kappa shape index (κ2) is 1.27. The van der Waals surface area contributed by atoms with Crippen LogP contribution in [0.5, 0.6) is 0 Å². The van der Waals surface area contributed by atoms with E-state index in [1.807, 2.05) is 0 Å². The third-order valence-corrected chi connectivity index (χ3v) is 2.97. The van der Waals surface area contributed by atoms with Crippen molar-refractivity contribution in [3.63, 3.8) is 0 Å². The highest BCUT2D eigenvalue weighted by Crippen LogP contribution is 2.55. The fourth-order valence-corrected chi connectivity index (χ4v) is 1.90. The van der Waals surface area contributed by atoms with Crippen molar-refractivity contribution in [3.05, 3.63) is 0 Å². The van der Waals surface area contributed by atoms with Crippen LogP contribution in [-0.2, 0) is 0 Å². The Bertz CT molecular complexity index is 99.4. The Kier molecular flexibility index (Phi) is 0.762. The molecule has 1 atom stereocenters. The molecule has 0 aliphatic heterocycles. The molecule has 1 N–H and O–H groups in total. The van der Waals surface area contributed by atoms with E-state index in [-0.39, 0.29) is 6.10 Å². The zero-order valence-corrected chi connectivity index (χ0v) is 5.06. The molecule has 0 heterocycles. The summed E-state index contributed by atoms with van der Waals surface area (Å²) in [5.41, 5.74) is 0.458. The normalized spacial score (nSPS) is 40.9. The Morgan fingerprint density at radius 2 is 2.00 bits per heavy atom. The van der Waals surface area contributed by atoms with E-state index in [1.54, 1.807) is 0 Å². The first kappa shape index (κ1) is 4.80. The van der Waals surface area contributed by atoms with Crippen molar-refractivity contribution in [2.75, 3.05) is 0 Å². The van der Waals surface area contributed by atoms with E-state index in [0.717, 1.165) is 6.42 Å². The maximum Gasteiger partial charge on any atom is 0.0596 e. The molecule has 0 radical (unpaired) electrons. The molecule has 2 rings (SSSR count). The minimum Gasteiger partial charge on any atom is -0.393 e. The molecule has 46 valence electrons. The lowest BCUT2D eigenvalue weighted by atomic mass is 9.54. The summed E-state index contributed by atoms with van der Waals surface area (Å²) in [5, 5.41) is 9.22. The summed E-state index contributed by atoms with van der Waals surface area (Å²) < 4.78 is 0. The van der Waals surface area contributed by atoms with Gasteiger partial charge < -0.3 is 5.11 Å². The second-order valence-electron chi connectivity index (χ2n) is 3.27. The summed E-state index contributed by atoms with van der Waals surface area (Å²) in [6, 6.07) is 0. The van der Waals surface area contributed by atoms with Gasteiger partial charge in [-0.05, 0) is 31.1 Å². The van der Waals surface area contributed by atoms with Crippen molar-refractivity contribution in [1.29, 1.82) is 0 Å². The lowest BCUT2D eigenvalue weighted by Crippen LogP contribution is -2.49. The molecule has 2 aliphatic carbocycles. The number of aliphatic hydroxyl groups is 1. The summed E-state index contributed by atoms with van der Waals surface area (Å²) in [6.45, 7) is 0. The minimum atomic E-state index is 0.0799. The maximum absolute atomic E-state index is 9.22. The van der Waals surface area contributed by atoms with E-state index in [4.69, 9.17) is 0 Å². The first-order chi connectivity index (χ1) is 3.83. The van der Waals surface area contributed by atoms with Crippen LogP contribution in [0.25, 0.3) is 0 Å². The van der Waals surface area contributed by atoms with Gasteiger partial charge in [-0.25, -0.2) is 0 Å². The molecule has 0 saturated heterocycles. The molecule has 0 aromatic heterocycles. The highest BCUT2D eigenvalue weighted by atomic mass is 16.3. The van der Waals surface area contributed by atoms with Gasteiger partial charge >= 0.3 is 0 Å². The predicted molar refractivity (Wildman–Crippen MR) is 31.5 cm³/mol. The molecular formula is C7H12O. The molecular weight excluding hydrogens is 100 g/mol. The third kappa shape index (κ3) is 0.368. The average molecular weight is 112 g/mol. The predicted octanol–water partition coefficient (Wildman–Crippen LogP) is 1.31. The van der Waals surface area contributed by atoms with Crippen molar-refractivity contribution in [2.45, 2.75) is 38.2 Å². The second-order valence-corrected chi connectivity index (χ2v) is 3.27. The summed E-state index contributed by atoms with van der Waals surface area (Å²) in [7, 11) is 0. The molecule has 2 saturated carbocycles. The summed E-state index contributed by atoms with van der Waals surface area (Å²) in [5.74, 6) is 0. The van der Waals surface area contributed by atoms with E-state index in [0.29, 0.717) is 5.41 Å². The van der Waals surface area contributed by atoms with Gasteiger partial charge in [0.2, 0.25) is 0 Å². The molecule has 0 unspecified atom stereocenters. The highest BCUT2D eigenvalue weighted by Gasteiger charge is 2.49. The Hall–Kier alpha value is -0.0400. The van der Waals surface area contributed by atoms with Gasteiger partial charge in [0.25, 0.3) is 0 Å². The lowest BCUT2D eigenvalue weighted by molar-refractivity contribution is -0.115. The first-order valence-electron chi connectivity index (χ1n) is 3.52. The van der Waals surface area contributed by atoms with Crippen LogP contribution in [0.1, 0.15) is 32.1 Å². The molecule has 0 aromatic rings. The fraction of sp³-hybridized carbons (Fsp3) is 1.00. The van der Waals surface area contributed by atoms with Crippen LogP contribution in [0.4, 0.5) is 0 Å². The molecule has 0 aromatic carbocycles. The van der Waals surface area contributed by atoms with Gasteiger partial charge in [-0.3, -0.25) is 0 Å². The van der Waals surface area contributed by atoms with E-state index in [1.165, 1.54) is 25.7 Å². The van der Waals surface area contributed by atoms with Crippen molar-refractivity contribution in [2.24, 2.45) is 5.41 Å². The highest BCUT2D eigenvalue weighted by molar-refractivity contribution is 5.00. The fourth-order valence-electron chi connectivity index (χ4n) is 1.90. The van der Waals surface area contributed by atoms with Crippen LogP contribution in [-0.4, -0.2) is 11.2 Å². The molecule has 1 heteroatoms. The van der Waals surface area contributed by atoms with Crippen molar-refractivity contribution < 1.29 is 5.11 Å². The van der Waals surface area contributed by atoms with E-state index in [2.05, 4.69) is 0 Å². The minimum absolute atomic E-state index is 0.0799. The van der Waals surface area contributed by atoms with Gasteiger partial charge in [0.15, 0.2) is 0 Å². The van der Waals surface area contributed by atoms with Gasteiger partial charge in [0, 0.05) is 0 Å². The van der Waals surface area contributed by atoms with Crippen LogP contribution < -0.4 is 0 Å². The third-order valence-electron chi connectivity index (χ3n) is 2.97. The van der Waals surface area contributed by atoms with Crippen molar-refractivity contribution >= 4 is 0 Å². The Morgan fingerprint density at radius 3 is 2.00 bits per heavy atom. The van der Waals surface area contributed by atoms with Crippen molar-refractivity contribution in [1.82, 2.24) is 0 Å². The SMILES string of the molecule is O[C@H]1CCC12CCC2. The number of aliphatic hydroxyl groups excluding tert-OH is 1. The first-order valence-corrected chi connectivity index (χ1v) is 3.52. The maximum atomic E-state index is 9.22. The summed E-state index contributed by atoms with van der Waals surface area (Å²) in [6.07, 6.45) is 6.41. The zero-order chi connectivity index (χ0) is 5.61.